The molecular weight excluding hydrogens is 272 g/mol. The molecule has 0 atom stereocenters. The molecule has 0 N–H and O–H groups in total. The van der Waals surface area contributed by atoms with Gasteiger partial charge in [0.1, 0.15) is 16.7 Å². The first kappa shape index (κ1) is 13.4. The Morgan fingerprint density at radius 1 is 1.20 bits per heavy atom. The summed E-state index contributed by atoms with van der Waals surface area (Å²) in [6.45, 7) is 3.98. The summed E-state index contributed by atoms with van der Waals surface area (Å²) in [7, 11) is 0. The molecule has 1 fully saturated rings. The Morgan fingerprint density at radius 2 is 1.90 bits per heavy atom. The first-order valence-corrected chi connectivity index (χ1v) is 7.35. The number of hydrogen-bond acceptors (Lipinski definition) is 3. The second kappa shape index (κ2) is 5.41. The van der Waals surface area contributed by atoms with Gasteiger partial charge in [0, 0.05) is 17.5 Å². The van der Waals surface area contributed by atoms with Crippen molar-refractivity contribution in [1.29, 1.82) is 0 Å². The standard InChI is InChI=1S/C16H17ClN2O/c1-3-14-18-15(10(2)16(17)19-14)11-4-6-12(7-5-11)20-13-8-9-13/h4-7,13H,3,8-9H2,1-2H3. The third-order valence-electron chi connectivity index (χ3n) is 3.40. The van der Waals surface area contributed by atoms with Gasteiger partial charge in [-0.3, -0.25) is 0 Å². The number of ether oxygens (including phenoxy) is 1. The molecule has 0 aliphatic heterocycles. The summed E-state index contributed by atoms with van der Waals surface area (Å²) in [5.41, 5.74) is 2.86. The molecule has 0 unspecified atom stereocenters. The maximum absolute atomic E-state index is 6.18. The average molecular weight is 289 g/mol. The van der Waals surface area contributed by atoms with E-state index in [-0.39, 0.29) is 0 Å². The lowest BCUT2D eigenvalue weighted by Crippen LogP contribution is -2.00. The molecule has 0 amide bonds. The highest BCUT2D eigenvalue weighted by Gasteiger charge is 2.23. The second-order valence-corrected chi connectivity index (χ2v) is 5.46. The Kier molecular flexibility index (Phi) is 3.62. The molecule has 1 saturated carbocycles. The van der Waals surface area contributed by atoms with Crippen molar-refractivity contribution in [3.05, 3.63) is 40.8 Å². The highest BCUT2D eigenvalue weighted by molar-refractivity contribution is 6.30. The monoisotopic (exact) mass is 288 g/mol. The Bertz CT molecular complexity index is 621. The number of aromatic nitrogens is 2. The highest BCUT2D eigenvalue weighted by Crippen LogP contribution is 2.30. The lowest BCUT2D eigenvalue weighted by atomic mass is 10.1. The van der Waals surface area contributed by atoms with Gasteiger partial charge >= 0.3 is 0 Å². The van der Waals surface area contributed by atoms with E-state index >= 15 is 0 Å². The summed E-state index contributed by atoms with van der Waals surface area (Å²) in [4.78, 5) is 8.86. The second-order valence-electron chi connectivity index (χ2n) is 5.10. The zero-order chi connectivity index (χ0) is 14.1. The average Bonchev–Trinajstić information content (AvgIpc) is 3.27. The molecule has 0 radical (unpaired) electrons. The summed E-state index contributed by atoms with van der Waals surface area (Å²) in [6.07, 6.45) is 3.53. The Morgan fingerprint density at radius 3 is 2.50 bits per heavy atom. The highest BCUT2D eigenvalue weighted by atomic mass is 35.5. The summed E-state index contributed by atoms with van der Waals surface area (Å²) in [5, 5.41) is 0.533. The van der Waals surface area contributed by atoms with E-state index in [4.69, 9.17) is 16.3 Å². The quantitative estimate of drug-likeness (QED) is 0.791. The maximum atomic E-state index is 6.18. The minimum Gasteiger partial charge on any atom is -0.490 e. The van der Waals surface area contributed by atoms with Crippen LogP contribution in [0.2, 0.25) is 5.15 Å². The summed E-state index contributed by atoms with van der Waals surface area (Å²) >= 11 is 6.18. The summed E-state index contributed by atoms with van der Waals surface area (Å²) < 4.78 is 5.76. The molecule has 4 heteroatoms. The van der Waals surface area contributed by atoms with Gasteiger partial charge in [-0.15, -0.1) is 0 Å². The van der Waals surface area contributed by atoms with Gasteiger partial charge < -0.3 is 4.74 Å². The van der Waals surface area contributed by atoms with Crippen LogP contribution in [0.25, 0.3) is 11.3 Å². The molecule has 0 spiro atoms. The van der Waals surface area contributed by atoms with Crippen LogP contribution in [0, 0.1) is 6.92 Å². The topological polar surface area (TPSA) is 35.0 Å². The van der Waals surface area contributed by atoms with Crippen LogP contribution < -0.4 is 4.74 Å². The predicted octanol–water partition coefficient (Wildman–Crippen LogP) is 4.21. The lowest BCUT2D eigenvalue weighted by Gasteiger charge is -2.10. The van der Waals surface area contributed by atoms with Crippen molar-refractivity contribution in [2.75, 3.05) is 0 Å². The van der Waals surface area contributed by atoms with Gasteiger partial charge in [0.05, 0.1) is 11.8 Å². The van der Waals surface area contributed by atoms with Crippen LogP contribution in [0.4, 0.5) is 0 Å². The van der Waals surface area contributed by atoms with Gasteiger partial charge in [0.25, 0.3) is 0 Å². The van der Waals surface area contributed by atoms with E-state index in [0.717, 1.165) is 34.8 Å². The fourth-order valence-electron chi connectivity index (χ4n) is 2.04. The van der Waals surface area contributed by atoms with Gasteiger partial charge in [-0.25, -0.2) is 9.97 Å². The number of aryl methyl sites for hydroxylation is 1. The molecule has 1 aromatic carbocycles. The van der Waals surface area contributed by atoms with Crippen LogP contribution in [0.1, 0.15) is 31.2 Å². The minimum absolute atomic E-state index is 0.419. The molecule has 0 saturated heterocycles. The molecular formula is C16H17ClN2O. The van der Waals surface area contributed by atoms with Gasteiger partial charge in [-0.1, -0.05) is 18.5 Å². The summed E-state index contributed by atoms with van der Waals surface area (Å²) in [5.74, 6) is 1.69. The van der Waals surface area contributed by atoms with Crippen molar-refractivity contribution in [2.45, 2.75) is 39.2 Å². The first-order chi connectivity index (χ1) is 9.67. The number of benzene rings is 1. The van der Waals surface area contributed by atoms with E-state index in [1.54, 1.807) is 0 Å². The van der Waals surface area contributed by atoms with Crippen LogP contribution in [0.3, 0.4) is 0 Å². The third-order valence-corrected chi connectivity index (χ3v) is 3.77. The molecule has 20 heavy (non-hydrogen) atoms. The number of hydrogen-bond donors (Lipinski definition) is 0. The molecule has 0 bridgehead atoms. The Labute approximate surface area is 124 Å². The van der Waals surface area contributed by atoms with Crippen LogP contribution >= 0.6 is 11.6 Å². The molecule has 1 heterocycles. The zero-order valence-electron chi connectivity index (χ0n) is 11.7. The fraction of sp³-hybridized carbons (Fsp3) is 0.375. The van der Waals surface area contributed by atoms with Crippen LogP contribution in [0.15, 0.2) is 24.3 Å². The normalized spacial score (nSPS) is 14.3. The Balaban J connectivity index is 1.93. The summed E-state index contributed by atoms with van der Waals surface area (Å²) in [6, 6.07) is 8.05. The van der Waals surface area contributed by atoms with Gasteiger partial charge in [0.2, 0.25) is 0 Å². The van der Waals surface area contributed by atoms with Crippen molar-refractivity contribution < 1.29 is 4.74 Å². The fourth-order valence-corrected chi connectivity index (χ4v) is 2.23. The van der Waals surface area contributed by atoms with E-state index in [2.05, 4.69) is 9.97 Å². The smallest absolute Gasteiger partial charge is 0.136 e. The van der Waals surface area contributed by atoms with E-state index in [9.17, 15) is 0 Å². The van der Waals surface area contributed by atoms with Crippen molar-refractivity contribution in [2.24, 2.45) is 0 Å². The van der Waals surface area contributed by atoms with Gasteiger partial charge in [-0.05, 0) is 44.0 Å². The number of halogens is 1. The van der Waals surface area contributed by atoms with Crippen molar-refractivity contribution >= 4 is 11.6 Å². The SMILES string of the molecule is CCc1nc(Cl)c(C)c(-c2ccc(OC3CC3)cc2)n1. The number of rotatable bonds is 4. The first-order valence-electron chi connectivity index (χ1n) is 6.97. The molecule has 3 rings (SSSR count). The number of nitrogens with zero attached hydrogens (tertiary/aromatic N) is 2. The molecule has 104 valence electrons. The van der Waals surface area contributed by atoms with E-state index in [1.807, 2.05) is 38.1 Å². The molecule has 3 nitrogen and oxygen atoms in total. The molecule has 1 aliphatic rings. The van der Waals surface area contributed by atoms with Gasteiger partial charge in [-0.2, -0.15) is 0 Å². The predicted molar refractivity (Wildman–Crippen MR) is 80.2 cm³/mol. The zero-order valence-corrected chi connectivity index (χ0v) is 12.4. The molecule has 1 aromatic heterocycles. The third kappa shape index (κ3) is 2.78. The van der Waals surface area contributed by atoms with Gasteiger partial charge in [0.15, 0.2) is 0 Å². The van der Waals surface area contributed by atoms with Crippen molar-refractivity contribution in [1.82, 2.24) is 9.97 Å². The van der Waals surface area contributed by atoms with Crippen molar-refractivity contribution in [3.63, 3.8) is 0 Å². The molecule has 1 aliphatic carbocycles. The van der Waals surface area contributed by atoms with E-state index in [0.29, 0.717) is 11.3 Å². The van der Waals surface area contributed by atoms with Crippen LogP contribution in [-0.2, 0) is 6.42 Å². The van der Waals surface area contributed by atoms with E-state index < -0.39 is 0 Å². The van der Waals surface area contributed by atoms with E-state index in [1.165, 1.54) is 12.8 Å². The maximum Gasteiger partial charge on any atom is 0.136 e. The van der Waals surface area contributed by atoms with Crippen molar-refractivity contribution in [3.8, 4) is 17.0 Å². The minimum atomic E-state index is 0.419. The molecule has 2 aromatic rings. The van der Waals surface area contributed by atoms with Crippen LogP contribution in [0.5, 0.6) is 5.75 Å². The van der Waals surface area contributed by atoms with Crippen LogP contribution in [-0.4, -0.2) is 16.1 Å². The Hall–Kier alpha value is -1.61. The lowest BCUT2D eigenvalue weighted by molar-refractivity contribution is 0.303. The largest absolute Gasteiger partial charge is 0.490 e.